The minimum atomic E-state index is -4.09. The molecule has 3 N–H and O–H groups in total. The maximum absolute atomic E-state index is 13.0. The smallest absolute Gasteiger partial charge is 0.329 e. The molecule has 0 heterocycles. The normalized spacial score (nSPS) is 15.6. The Morgan fingerprint density at radius 1 is 1.06 bits per heavy atom. The number of hydrogen-bond donors (Lipinski definition) is 3. The molecule has 9 heteroatoms. The van der Waals surface area contributed by atoms with Gasteiger partial charge in [0.1, 0.15) is 12.1 Å². The zero-order chi connectivity index (χ0) is 22.3. The predicted molar refractivity (Wildman–Crippen MR) is 113 cm³/mol. The number of ether oxygens (including phenoxy) is 1. The molecule has 0 spiro atoms. The highest BCUT2D eigenvalue weighted by Gasteiger charge is 2.31. The minimum Gasteiger partial charge on any atom is -0.461 e. The topological polar surface area (TPSA) is 122 Å². The number of amides is 1. The van der Waals surface area contributed by atoms with E-state index in [9.17, 15) is 18.0 Å². The Morgan fingerprint density at radius 2 is 1.77 bits per heavy atom. The van der Waals surface area contributed by atoms with E-state index in [-0.39, 0.29) is 11.0 Å². The predicted octanol–water partition coefficient (Wildman–Crippen LogP) is 2.71. The van der Waals surface area contributed by atoms with E-state index >= 15 is 0 Å². The zero-order valence-corrected chi connectivity index (χ0v) is 17.5. The van der Waals surface area contributed by atoms with E-state index in [1.807, 2.05) is 0 Å². The van der Waals surface area contributed by atoms with E-state index in [4.69, 9.17) is 9.94 Å². The van der Waals surface area contributed by atoms with Crippen LogP contribution in [0, 0.1) is 0 Å². The summed E-state index contributed by atoms with van der Waals surface area (Å²) in [7, 11) is -4.09. The first-order valence-corrected chi connectivity index (χ1v) is 11.4. The highest BCUT2D eigenvalue weighted by molar-refractivity contribution is 7.89. The van der Waals surface area contributed by atoms with E-state index in [0.29, 0.717) is 11.1 Å². The number of hydrogen-bond acceptors (Lipinski definition) is 6. The Morgan fingerprint density at radius 3 is 2.45 bits per heavy atom. The van der Waals surface area contributed by atoms with Crippen molar-refractivity contribution in [2.75, 3.05) is 0 Å². The van der Waals surface area contributed by atoms with Gasteiger partial charge in [-0.2, -0.15) is 4.72 Å². The number of carbonyl (C=O) groups excluding carboxylic acids is 2. The molecule has 0 saturated heterocycles. The fourth-order valence-electron chi connectivity index (χ4n) is 3.35. The largest absolute Gasteiger partial charge is 0.461 e. The third-order valence-corrected chi connectivity index (χ3v) is 6.35. The van der Waals surface area contributed by atoms with Crippen molar-refractivity contribution >= 4 is 28.0 Å². The first-order chi connectivity index (χ1) is 14.9. The lowest BCUT2D eigenvalue weighted by Crippen LogP contribution is -2.36. The summed E-state index contributed by atoms with van der Waals surface area (Å²) in [6.45, 7) is 0. The average Bonchev–Trinajstić information content (AvgIpc) is 3.29. The molecule has 1 aliphatic rings. The van der Waals surface area contributed by atoms with Gasteiger partial charge in [-0.15, -0.1) is 0 Å². The molecule has 1 saturated carbocycles. The Labute approximate surface area is 180 Å². The lowest BCUT2D eigenvalue weighted by Gasteiger charge is -2.20. The number of rotatable bonds is 8. The molecule has 0 unspecified atom stereocenters. The molecular formula is C22H24N2O6S. The lowest BCUT2D eigenvalue weighted by molar-refractivity contribution is -0.151. The van der Waals surface area contributed by atoms with Gasteiger partial charge < -0.3 is 4.74 Å². The van der Waals surface area contributed by atoms with Crippen LogP contribution in [0.25, 0.3) is 6.08 Å². The van der Waals surface area contributed by atoms with Crippen LogP contribution in [0.2, 0.25) is 0 Å². The van der Waals surface area contributed by atoms with Gasteiger partial charge in [-0.25, -0.2) is 18.7 Å². The summed E-state index contributed by atoms with van der Waals surface area (Å²) in [6.07, 6.45) is 5.72. The standard InChI is InChI=1S/C22H24N2O6S/c25-20(23-27)14-13-16-7-6-12-19(15-16)31(28,29)24-21(17-8-2-1-3-9-17)22(26)30-18-10-4-5-11-18/h1-3,6-9,12-15,18,21,24,27H,4-5,10-11H2,(H,23,25)/t21-/m0/s1. The van der Waals surface area contributed by atoms with Crippen LogP contribution >= 0.6 is 0 Å². The third-order valence-electron chi connectivity index (χ3n) is 4.93. The fraction of sp³-hybridized carbons (Fsp3) is 0.273. The van der Waals surface area contributed by atoms with Gasteiger partial charge in [0.25, 0.3) is 5.91 Å². The van der Waals surface area contributed by atoms with Crippen LogP contribution in [0.1, 0.15) is 42.9 Å². The quantitative estimate of drug-likeness (QED) is 0.249. The number of sulfonamides is 1. The summed E-state index contributed by atoms with van der Waals surface area (Å²) >= 11 is 0. The first-order valence-electron chi connectivity index (χ1n) is 9.89. The van der Waals surface area contributed by atoms with Gasteiger partial charge >= 0.3 is 5.97 Å². The van der Waals surface area contributed by atoms with Crippen molar-refractivity contribution in [3.05, 3.63) is 71.8 Å². The molecule has 0 aromatic heterocycles. The third kappa shape index (κ3) is 6.24. The molecule has 8 nitrogen and oxygen atoms in total. The molecule has 3 rings (SSSR count). The second kappa shape index (κ2) is 10.3. The molecule has 0 radical (unpaired) electrons. The molecule has 2 aromatic rings. The van der Waals surface area contributed by atoms with E-state index in [2.05, 4.69) is 4.72 Å². The van der Waals surface area contributed by atoms with Gasteiger partial charge in [-0.1, -0.05) is 42.5 Å². The summed E-state index contributed by atoms with van der Waals surface area (Å²) < 4.78 is 34.1. The fourth-order valence-corrected chi connectivity index (χ4v) is 4.58. The summed E-state index contributed by atoms with van der Waals surface area (Å²) in [6, 6.07) is 13.2. The molecule has 1 aliphatic carbocycles. The number of benzene rings is 2. The van der Waals surface area contributed by atoms with Gasteiger partial charge in [0, 0.05) is 6.08 Å². The van der Waals surface area contributed by atoms with Gasteiger partial charge in [0.05, 0.1) is 4.90 Å². The van der Waals surface area contributed by atoms with Crippen LogP contribution in [0.15, 0.2) is 65.6 Å². The number of esters is 1. The number of hydroxylamine groups is 1. The summed E-state index contributed by atoms with van der Waals surface area (Å²) in [4.78, 5) is 23.9. The molecule has 0 bridgehead atoms. The molecular weight excluding hydrogens is 420 g/mol. The van der Waals surface area contributed by atoms with Gasteiger partial charge in [0.2, 0.25) is 10.0 Å². The maximum Gasteiger partial charge on any atom is 0.329 e. The van der Waals surface area contributed by atoms with Crippen molar-refractivity contribution in [2.45, 2.75) is 42.7 Å². The van der Waals surface area contributed by atoms with Gasteiger partial charge in [-0.05, 0) is 55.0 Å². The van der Waals surface area contributed by atoms with Crippen LogP contribution < -0.4 is 10.2 Å². The molecule has 164 valence electrons. The highest BCUT2D eigenvalue weighted by atomic mass is 32.2. The Bertz CT molecular complexity index is 1050. The van der Waals surface area contributed by atoms with Crippen LogP contribution in [0.4, 0.5) is 0 Å². The van der Waals surface area contributed by atoms with Gasteiger partial charge in [-0.3, -0.25) is 10.0 Å². The lowest BCUT2D eigenvalue weighted by atomic mass is 10.1. The number of nitrogens with one attached hydrogen (secondary N) is 2. The van der Waals surface area contributed by atoms with Crippen LogP contribution in [-0.4, -0.2) is 31.6 Å². The summed E-state index contributed by atoms with van der Waals surface area (Å²) in [5.41, 5.74) is 2.36. The first kappa shape index (κ1) is 22.7. The van der Waals surface area contributed by atoms with Crippen molar-refractivity contribution < 1.29 is 28.0 Å². The van der Waals surface area contributed by atoms with Crippen LogP contribution in [0.5, 0.6) is 0 Å². The maximum atomic E-state index is 13.0. The molecule has 31 heavy (non-hydrogen) atoms. The summed E-state index contributed by atoms with van der Waals surface area (Å²) in [5, 5.41) is 8.56. The van der Waals surface area contributed by atoms with Crippen molar-refractivity contribution in [3.8, 4) is 0 Å². The summed E-state index contributed by atoms with van der Waals surface area (Å²) in [5.74, 6) is -1.39. The molecule has 1 amide bonds. The van der Waals surface area contributed by atoms with Gasteiger partial charge in [0.15, 0.2) is 0 Å². The van der Waals surface area contributed by atoms with E-state index < -0.39 is 27.9 Å². The van der Waals surface area contributed by atoms with Crippen molar-refractivity contribution in [1.82, 2.24) is 10.2 Å². The average molecular weight is 445 g/mol. The van der Waals surface area contributed by atoms with E-state index in [1.54, 1.807) is 36.4 Å². The van der Waals surface area contributed by atoms with E-state index in [1.165, 1.54) is 29.8 Å². The number of carbonyl (C=O) groups is 2. The Hall–Kier alpha value is -3.01. The van der Waals surface area contributed by atoms with Crippen LogP contribution in [-0.2, 0) is 24.3 Å². The van der Waals surface area contributed by atoms with Crippen molar-refractivity contribution in [1.29, 1.82) is 0 Å². The molecule has 0 aliphatic heterocycles. The zero-order valence-electron chi connectivity index (χ0n) is 16.7. The molecule has 1 fully saturated rings. The second-order valence-corrected chi connectivity index (χ2v) is 8.90. The van der Waals surface area contributed by atoms with E-state index in [0.717, 1.165) is 31.8 Å². The minimum absolute atomic E-state index is 0.0753. The van der Waals surface area contributed by atoms with Crippen molar-refractivity contribution in [2.24, 2.45) is 0 Å². The molecule has 1 atom stereocenters. The van der Waals surface area contributed by atoms with Crippen molar-refractivity contribution in [3.63, 3.8) is 0 Å². The highest BCUT2D eigenvalue weighted by Crippen LogP contribution is 2.25. The Kier molecular flexibility index (Phi) is 7.56. The SMILES string of the molecule is O=C(C=Cc1cccc(S(=O)(=O)N[C@H](C(=O)OC2CCCC2)c2ccccc2)c1)NO. The molecule has 2 aromatic carbocycles. The monoisotopic (exact) mass is 444 g/mol. The van der Waals surface area contributed by atoms with Crippen LogP contribution in [0.3, 0.4) is 0 Å². The Balaban J connectivity index is 1.85. The second-order valence-electron chi connectivity index (χ2n) is 7.19.